The number of hydrogen-bond acceptors (Lipinski definition) is 3. The van der Waals surface area contributed by atoms with Crippen molar-refractivity contribution in [2.24, 2.45) is 0 Å². The van der Waals surface area contributed by atoms with E-state index in [0.717, 1.165) is 16.7 Å². The zero-order valence-electron chi connectivity index (χ0n) is 12.3. The lowest BCUT2D eigenvalue weighted by Crippen LogP contribution is -2.30. The second-order valence-corrected chi connectivity index (χ2v) is 4.67. The van der Waals surface area contributed by atoms with E-state index >= 15 is 0 Å². The lowest BCUT2D eigenvalue weighted by molar-refractivity contribution is -0.123. The van der Waals surface area contributed by atoms with Crippen molar-refractivity contribution in [3.63, 3.8) is 0 Å². The fourth-order valence-corrected chi connectivity index (χ4v) is 1.87. The Bertz CT molecular complexity index is 624. The van der Waals surface area contributed by atoms with Crippen molar-refractivity contribution in [2.45, 2.75) is 6.54 Å². The second-order valence-electron chi connectivity index (χ2n) is 4.67. The molecule has 0 aliphatic rings. The molecular weight excluding hydrogens is 280 g/mol. The van der Waals surface area contributed by atoms with Gasteiger partial charge in [-0.05, 0) is 16.7 Å². The maximum absolute atomic E-state index is 11.4. The zero-order chi connectivity index (χ0) is 15.8. The van der Waals surface area contributed by atoms with Crippen LogP contribution in [0.25, 0.3) is 11.1 Å². The van der Waals surface area contributed by atoms with Crippen LogP contribution in [-0.2, 0) is 16.1 Å². The Kier molecular flexibility index (Phi) is 5.54. The van der Waals surface area contributed by atoms with Crippen LogP contribution in [0.4, 0.5) is 4.79 Å². The monoisotopic (exact) mass is 298 g/mol. The maximum atomic E-state index is 11.4. The first kappa shape index (κ1) is 15.6. The van der Waals surface area contributed by atoms with Gasteiger partial charge in [0, 0.05) is 13.6 Å². The van der Waals surface area contributed by atoms with E-state index in [0.29, 0.717) is 6.54 Å². The van der Waals surface area contributed by atoms with Gasteiger partial charge >= 0.3 is 6.09 Å². The predicted octanol–water partition coefficient (Wildman–Crippen LogP) is 2.33. The quantitative estimate of drug-likeness (QED) is 0.890. The number of ether oxygens (including phenoxy) is 1. The number of benzene rings is 2. The second kappa shape index (κ2) is 7.83. The molecule has 0 aromatic heterocycles. The van der Waals surface area contributed by atoms with Crippen molar-refractivity contribution < 1.29 is 14.3 Å². The molecule has 22 heavy (non-hydrogen) atoms. The molecule has 2 aromatic carbocycles. The van der Waals surface area contributed by atoms with Crippen LogP contribution >= 0.6 is 0 Å². The molecule has 0 heterocycles. The molecule has 2 N–H and O–H groups in total. The van der Waals surface area contributed by atoms with Gasteiger partial charge in [0.2, 0.25) is 0 Å². The summed E-state index contributed by atoms with van der Waals surface area (Å²) in [6, 6.07) is 18.0. The molecule has 0 unspecified atom stereocenters. The number of hydrogen-bond donors (Lipinski definition) is 2. The molecule has 0 saturated heterocycles. The van der Waals surface area contributed by atoms with Crippen LogP contribution in [0.5, 0.6) is 0 Å². The van der Waals surface area contributed by atoms with E-state index in [-0.39, 0.29) is 12.5 Å². The van der Waals surface area contributed by atoms with E-state index in [1.165, 1.54) is 7.05 Å². The van der Waals surface area contributed by atoms with Gasteiger partial charge in [-0.25, -0.2) is 4.79 Å². The molecule has 0 saturated carbocycles. The molecule has 2 aromatic rings. The summed E-state index contributed by atoms with van der Waals surface area (Å²) >= 11 is 0. The van der Waals surface area contributed by atoms with Gasteiger partial charge in [0.05, 0.1) is 0 Å². The number of likely N-dealkylation sites (N-methyl/N-ethyl adjacent to an activating group) is 1. The van der Waals surface area contributed by atoms with Crippen LogP contribution in [0.1, 0.15) is 5.56 Å². The van der Waals surface area contributed by atoms with Crippen molar-refractivity contribution in [2.75, 3.05) is 13.7 Å². The van der Waals surface area contributed by atoms with Gasteiger partial charge in [0.1, 0.15) is 0 Å². The van der Waals surface area contributed by atoms with Crippen molar-refractivity contribution in [3.8, 4) is 11.1 Å². The van der Waals surface area contributed by atoms with E-state index in [1.807, 2.05) is 54.6 Å². The van der Waals surface area contributed by atoms with Gasteiger partial charge in [-0.1, -0.05) is 54.6 Å². The van der Waals surface area contributed by atoms with Crippen molar-refractivity contribution in [1.82, 2.24) is 10.6 Å². The van der Waals surface area contributed by atoms with Crippen molar-refractivity contribution >= 4 is 12.0 Å². The number of amides is 2. The van der Waals surface area contributed by atoms with Crippen LogP contribution in [0.3, 0.4) is 0 Å². The summed E-state index contributed by atoms with van der Waals surface area (Å²) in [5.41, 5.74) is 3.22. The topological polar surface area (TPSA) is 67.4 Å². The largest absolute Gasteiger partial charge is 0.439 e. The highest BCUT2D eigenvalue weighted by molar-refractivity contribution is 5.79. The molecule has 0 aliphatic carbocycles. The standard InChI is InChI=1S/C17H18N2O3/c1-18-16(20)12-22-17(21)19-11-13-7-9-15(10-8-13)14-5-3-2-4-6-14/h2-10H,11-12H2,1H3,(H,18,20)(H,19,21). The highest BCUT2D eigenvalue weighted by Gasteiger charge is 2.05. The molecule has 0 bridgehead atoms. The minimum atomic E-state index is -0.615. The Morgan fingerprint density at radius 3 is 2.23 bits per heavy atom. The first-order valence-electron chi connectivity index (χ1n) is 6.94. The zero-order valence-corrected chi connectivity index (χ0v) is 12.3. The van der Waals surface area contributed by atoms with Crippen LogP contribution in [0, 0.1) is 0 Å². The Morgan fingerprint density at radius 2 is 1.59 bits per heavy atom. The Morgan fingerprint density at radius 1 is 0.955 bits per heavy atom. The highest BCUT2D eigenvalue weighted by Crippen LogP contribution is 2.19. The number of carbonyl (C=O) groups excluding carboxylic acids is 2. The summed E-state index contributed by atoms with van der Waals surface area (Å²) in [7, 11) is 1.48. The number of alkyl carbamates (subject to hydrolysis) is 1. The van der Waals surface area contributed by atoms with E-state index < -0.39 is 6.09 Å². The third-order valence-electron chi connectivity index (χ3n) is 3.11. The molecule has 5 nitrogen and oxygen atoms in total. The molecule has 2 amide bonds. The first-order valence-corrected chi connectivity index (χ1v) is 6.94. The lowest BCUT2D eigenvalue weighted by atomic mass is 10.0. The van der Waals surface area contributed by atoms with Gasteiger partial charge < -0.3 is 15.4 Å². The average molecular weight is 298 g/mol. The van der Waals surface area contributed by atoms with Gasteiger partial charge in [0.25, 0.3) is 5.91 Å². The summed E-state index contributed by atoms with van der Waals surface area (Å²) in [5, 5.41) is 4.97. The highest BCUT2D eigenvalue weighted by atomic mass is 16.6. The van der Waals surface area contributed by atoms with E-state index in [2.05, 4.69) is 10.6 Å². The molecule has 0 fully saturated rings. The summed E-state index contributed by atoms with van der Waals surface area (Å²) in [4.78, 5) is 22.4. The predicted molar refractivity (Wildman–Crippen MR) is 84.1 cm³/mol. The smallest absolute Gasteiger partial charge is 0.407 e. The molecule has 2 rings (SSSR count). The fraction of sp³-hybridized carbons (Fsp3) is 0.176. The molecular formula is C17H18N2O3. The van der Waals surface area contributed by atoms with Crippen molar-refractivity contribution in [3.05, 3.63) is 60.2 Å². The molecule has 114 valence electrons. The summed E-state index contributed by atoms with van der Waals surface area (Å²) in [5.74, 6) is -0.345. The fourth-order valence-electron chi connectivity index (χ4n) is 1.87. The summed E-state index contributed by atoms with van der Waals surface area (Å²) in [6.07, 6.45) is -0.615. The number of nitrogens with one attached hydrogen (secondary N) is 2. The van der Waals surface area contributed by atoms with Crippen LogP contribution in [0.2, 0.25) is 0 Å². The van der Waals surface area contributed by atoms with Gasteiger partial charge in [0.15, 0.2) is 6.61 Å². The van der Waals surface area contributed by atoms with Crippen LogP contribution in [0.15, 0.2) is 54.6 Å². The number of carbonyl (C=O) groups is 2. The maximum Gasteiger partial charge on any atom is 0.407 e. The third kappa shape index (κ3) is 4.63. The normalized spacial score (nSPS) is 9.86. The molecule has 5 heteroatoms. The summed E-state index contributed by atoms with van der Waals surface area (Å²) in [6.45, 7) is 0.0664. The van der Waals surface area contributed by atoms with E-state index in [4.69, 9.17) is 4.74 Å². The SMILES string of the molecule is CNC(=O)COC(=O)NCc1ccc(-c2ccccc2)cc1. The van der Waals surface area contributed by atoms with Gasteiger partial charge in [-0.15, -0.1) is 0 Å². The molecule has 0 spiro atoms. The Balaban J connectivity index is 1.84. The van der Waals surface area contributed by atoms with E-state index in [1.54, 1.807) is 0 Å². The first-order chi connectivity index (χ1) is 10.7. The third-order valence-corrected chi connectivity index (χ3v) is 3.11. The van der Waals surface area contributed by atoms with Crippen LogP contribution in [-0.4, -0.2) is 25.7 Å². The Labute approximate surface area is 129 Å². The lowest BCUT2D eigenvalue weighted by Gasteiger charge is -2.07. The number of rotatable bonds is 5. The summed E-state index contributed by atoms with van der Waals surface area (Å²) < 4.78 is 4.75. The molecule has 0 aliphatic heterocycles. The molecule has 0 radical (unpaired) electrons. The average Bonchev–Trinajstić information content (AvgIpc) is 2.59. The Hall–Kier alpha value is -2.82. The van der Waals surface area contributed by atoms with Gasteiger partial charge in [-0.2, -0.15) is 0 Å². The van der Waals surface area contributed by atoms with Crippen molar-refractivity contribution in [1.29, 1.82) is 0 Å². The van der Waals surface area contributed by atoms with E-state index in [9.17, 15) is 9.59 Å². The minimum absolute atomic E-state index is 0.282. The minimum Gasteiger partial charge on any atom is -0.439 e. The van der Waals surface area contributed by atoms with Gasteiger partial charge in [-0.3, -0.25) is 4.79 Å². The molecule has 0 atom stereocenters. The van der Waals surface area contributed by atoms with Crippen LogP contribution < -0.4 is 10.6 Å².